The Balaban J connectivity index is 1.31. The largest absolute Gasteiger partial charge is 0.377 e. The lowest BCUT2D eigenvalue weighted by Gasteiger charge is -2.30. The van der Waals surface area contributed by atoms with Crippen LogP contribution in [0.3, 0.4) is 0 Å². The first-order valence-electron chi connectivity index (χ1n) is 12.3. The number of hydrogen-bond donors (Lipinski definition) is 2. The van der Waals surface area contributed by atoms with Crippen molar-refractivity contribution in [2.24, 2.45) is 13.0 Å². The number of hydrogen-bond acceptors (Lipinski definition) is 5. The zero-order valence-corrected chi connectivity index (χ0v) is 21.4. The molecule has 0 unspecified atom stereocenters. The van der Waals surface area contributed by atoms with Crippen LogP contribution < -0.4 is 15.5 Å². The van der Waals surface area contributed by atoms with E-state index in [-0.39, 0.29) is 11.3 Å². The van der Waals surface area contributed by atoms with E-state index in [9.17, 15) is 4.79 Å². The summed E-state index contributed by atoms with van der Waals surface area (Å²) >= 11 is 0. The summed E-state index contributed by atoms with van der Waals surface area (Å²) in [7, 11) is 5.98. The number of amides is 1. The van der Waals surface area contributed by atoms with E-state index in [1.54, 1.807) is 4.68 Å². The van der Waals surface area contributed by atoms with Gasteiger partial charge in [-0.1, -0.05) is 39.0 Å². The Kier molecular flexibility index (Phi) is 6.82. The third kappa shape index (κ3) is 5.34. The van der Waals surface area contributed by atoms with Crippen molar-refractivity contribution in [2.45, 2.75) is 57.9 Å². The molecule has 1 amide bonds. The van der Waals surface area contributed by atoms with Gasteiger partial charge in [0.25, 0.3) is 5.91 Å². The number of aryl methyl sites for hydroxylation is 1. The molecule has 2 aromatic heterocycles. The molecule has 1 aromatic carbocycles. The lowest BCUT2D eigenvalue weighted by Crippen LogP contribution is -2.34. The molecule has 0 atom stereocenters. The van der Waals surface area contributed by atoms with E-state index in [2.05, 4.69) is 79.8 Å². The molecule has 1 aliphatic rings. The van der Waals surface area contributed by atoms with Crippen molar-refractivity contribution in [1.29, 1.82) is 0 Å². The molecule has 1 saturated carbocycles. The summed E-state index contributed by atoms with van der Waals surface area (Å²) in [6.45, 7) is 7.04. The third-order valence-electron chi connectivity index (χ3n) is 6.81. The highest BCUT2D eigenvalue weighted by Crippen LogP contribution is 2.30. The molecule has 182 valence electrons. The minimum absolute atomic E-state index is 0.0395. The first-order valence-corrected chi connectivity index (χ1v) is 12.3. The SMILES string of the molecule is CN(C)c1cc(N[C@H]2CC[C@@H](CNC(=O)c3cc(C(C)(C)C)nn3C)CC2)nc2ccccc12. The quantitative estimate of drug-likeness (QED) is 0.554. The molecular weight excluding hydrogens is 424 g/mol. The smallest absolute Gasteiger partial charge is 0.269 e. The molecule has 7 heteroatoms. The monoisotopic (exact) mass is 462 g/mol. The standard InChI is InChI=1S/C27H38N6O/c1-27(2,3)24-15-23(33(6)31-24)26(34)28-17-18-11-13-19(14-12-18)29-25-16-22(32(4)5)20-9-7-8-10-21(20)30-25/h7-10,15-16,18-19H,11-14,17H2,1-6H3,(H,28,34)(H,29,30)/t18-,19+. The topological polar surface area (TPSA) is 75.1 Å². The summed E-state index contributed by atoms with van der Waals surface area (Å²) in [5.41, 5.74) is 3.67. The van der Waals surface area contributed by atoms with Gasteiger partial charge in [0.1, 0.15) is 11.5 Å². The molecule has 4 rings (SSSR count). The Morgan fingerprint density at radius 2 is 1.82 bits per heavy atom. The van der Waals surface area contributed by atoms with E-state index >= 15 is 0 Å². The van der Waals surface area contributed by atoms with Gasteiger partial charge in [-0.2, -0.15) is 5.10 Å². The number of para-hydroxylation sites is 1. The normalized spacial score (nSPS) is 18.6. The van der Waals surface area contributed by atoms with Crippen molar-refractivity contribution in [3.8, 4) is 0 Å². The number of nitrogens with one attached hydrogen (secondary N) is 2. The number of carbonyl (C=O) groups is 1. The minimum atomic E-state index is -0.0745. The number of benzene rings is 1. The molecule has 2 N–H and O–H groups in total. The van der Waals surface area contributed by atoms with Gasteiger partial charge in [-0.15, -0.1) is 0 Å². The van der Waals surface area contributed by atoms with E-state index in [0.717, 1.165) is 42.7 Å². The summed E-state index contributed by atoms with van der Waals surface area (Å²) in [6, 6.07) is 12.7. The van der Waals surface area contributed by atoms with Crippen LogP contribution in [0, 0.1) is 5.92 Å². The van der Waals surface area contributed by atoms with Crippen LogP contribution in [0.1, 0.15) is 62.6 Å². The van der Waals surface area contributed by atoms with Crippen LogP contribution in [0.15, 0.2) is 36.4 Å². The van der Waals surface area contributed by atoms with Gasteiger partial charge < -0.3 is 15.5 Å². The number of carbonyl (C=O) groups excluding carboxylic acids is 1. The predicted molar refractivity (Wildman–Crippen MR) is 140 cm³/mol. The van der Waals surface area contributed by atoms with Gasteiger partial charge in [0.05, 0.1) is 11.2 Å². The highest BCUT2D eigenvalue weighted by atomic mass is 16.2. The second-order valence-corrected chi connectivity index (χ2v) is 10.8. The van der Waals surface area contributed by atoms with E-state index in [1.807, 2.05) is 19.2 Å². The molecule has 3 aromatic rings. The zero-order chi connectivity index (χ0) is 24.5. The van der Waals surface area contributed by atoms with Crippen LogP contribution in [0.2, 0.25) is 0 Å². The fraction of sp³-hybridized carbons (Fsp3) is 0.519. The van der Waals surface area contributed by atoms with Gasteiger partial charge in [0.2, 0.25) is 0 Å². The van der Waals surface area contributed by atoms with Crippen molar-refractivity contribution in [1.82, 2.24) is 20.1 Å². The van der Waals surface area contributed by atoms with Crippen molar-refractivity contribution in [2.75, 3.05) is 30.9 Å². The molecular formula is C27H38N6O. The van der Waals surface area contributed by atoms with Crippen molar-refractivity contribution < 1.29 is 4.79 Å². The van der Waals surface area contributed by atoms with Gasteiger partial charge in [-0.05, 0) is 43.7 Å². The molecule has 0 bridgehead atoms. The van der Waals surface area contributed by atoms with E-state index in [1.165, 1.54) is 11.1 Å². The number of rotatable bonds is 6. The zero-order valence-electron chi connectivity index (χ0n) is 21.4. The summed E-state index contributed by atoms with van der Waals surface area (Å²) in [4.78, 5) is 19.7. The molecule has 34 heavy (non-hydrogen) atoms. The Labute approximate surface area is 202 Å². The van der Waals surface area contributed by atoms with Crippen molar-refractivity contribution in [3.63, 3.8) is 0 Å². The van der Waals surface area contributed by atoms with Crippen molar-refractivity contribution in [3.05, 3.63) is 47.8 Å². The number of nitrogens with zero attached hydrogens (tertiary/aromatic N) is 4. The first-order chi connectivity index (χ1) is 16.1. The predicted octanol–water partition coefficient (Wildman–Crippen LogP) is 4.73. The number of anilines is 2. The highest BCUT2D eigenvalue weighted by molar-refractivity contribution is 5.93. The Hall–Kier alpha value is -3.09. The Bertz CT molecular complexity index is 1150. The summed E-state index contributed by atoms with van der Waals surface area (Å²) < 4.78 is 1.69. The van der Waals surface area contributed by atoms with Gasteiger partial charge in [0.15, 0.2) is 0 Å². The molecule has 2 heterocycles. The molecule has 0 spiro atoms. The molecule has 0 saturated heterocycles. The van der Waals surface area contributed by atoms with Gasteiger partial charge in [-0.3, -0.25) is 9.48 Å². The molecule has 1 aliphatic carbocycles. The summed E-state index contributed by atoms with van der Waals surface area (Å²) in [6.07, 6.45) is 4.33. The van der Waals surface area contributed by atoms with Crippen LogP contribution >= 0.6 is 0 Å². The Morgan fingerprint density at radius 3 is 2.47 bits per heavy atom. The summed E-state index contributed by atoms with van der Waals surface area (Å²) in [5.74, 6) is 1.39. The fourth-order valence-corrected chi connectivity index (χ4v) is 4.69. The minimum Gasteiger partial charge on any atom is -0.377 e. The van der Waals surface area contributed by atoms with Gasteiger partial charge >= 0.3 is 0 Å². The van der Waals surface area contributed by atoms with Crippen LogP contribution in [0.5, 0.6) is 0 Å². The fourth-order valence-electron chi connectivity index (χ4n) is 4.69. The third-order valence-corrected chi connectivity index (χ3v) is 6.81. The average molecular weight is 463 g/mol. The first kappa shape index (κ1) is 24.0. The average Bonchev–Trinajstić information content (AvgIpc) is 3.20. The van der Waals surface area contributed by atoms with Crippen LogP contribution in [0.4, 0.5) is 11.5 Å². The van der Waals surface area contributed by atoms with Crippen LogP contribution in [-0.2, 0) is 12.5 Å². The lowest BCUT2D eigenvalue weighted by molar-refractivity contribution is 0.0934. The summed E-state index contributed by atoms with van der Waals surface area (Å²) in [5, 5.41) is 12.5. The van der Waals surface area contributed by atoms with Crippen molar-refractivity contribution >= 4 is 28.3 Å². The molecule has 0 radical (unpaired) electrons. The maximum absolute atomic E-state index is 12.8. The maximum atomic E-state index is 12.8. The number of fused-ring (bicyclic) bond motifs is 1. The highest BCUT2D eigenvalue weighted by Gasteiger charge is 2.24. The molecule has 1 fully saturated rings. The van der Waals surface area contributed by atoms with Gasteiger partial charge in [-0.25, -0.2) is 4.98 Å². The molecule has 0 aliphatic heterocycles. The Morgan fingerprint density at radius 1 is 1.12 bits per heavy atom. The van der Waals surface area contributed by atoms with E-state index < -0.39 is 0 Å². The second kappa shape index (κ2) is 9.65. The number of pyridine rings is 1. The van der Waals surface area contributed by atoms with E-state index in [4.69, 9.17) is 4.98 Å². The van der Waals surface area contributed by atoms with Gasteiger partial charge in [0, 0.05) is 56.3 Å². The molecule has 7 nitrogen and oxygen atoms in total. The van der Waals surface area contributed by atoms with E-state index in [0.29, 0.717) is 24.2 Å². The second-order valence-electron chi connectivity index (χ2n) is 10.8. The lowest BCUT2D eigenvalue weighted by atomic mass is 9.86. The van der Waals surface area contributed by atoms with Crippen LogP contribution in [-0.4, -0.2) is 47.4 Å². The maximum Gasteiger partial charge on any atom is 0.269 e. The number of aromatic nitrogens is 3. The van der Waals surface area contributed by atoms with Crippen LogP contribution in [0.25, 0.3) is 10.9 Å².